The van der Waals surface area contributed by atoms with Crippen LogP contribution in [0.15, 0.2) is 24.5 Å². The Morgan fingerprint density at radius 2 is 2.22 bits per heavy atom. The molecule has 0 aromatic carbocycles. The molecule has 0 radical (unpaired) electrons. The molecular weight excluding hydrogens is 367 g/mol. The van der Waals surface area contributed by atoms with E-state index in [2.05, 4.69) is 17.2 Å². The number of halogens is 1. The quantitative estimate of drug-likeness (QED) is 0.722. The van der Waals surface area contributed by atoms with E-state index in [0.29, 0.717) is 27.8 Å². The van der Waals surface area contributed by atoms with Gasteiger partial charge in [-0.05, 0) is 42.9 Å². The topological polar surface area (TPSA) is 89.5 Å². The second-order valence-electron chi connectivity index (χ2n) is 6.99. The Morgan fingerprint density at radius 3 is 3.00 bits per heavy atom. The predicted molar refractivity (Wildman–Crippen MR) is 102 cm³/mol. The lowest BCUT2D eigenvalue weighted by Gasteiger charge is -2.18. The molecule has 1 aliphatic rings. The third-order valence-corrected chi connectivity index (χ3v) is 5.99. The molecule has 4 rings (SSSR count). The number of primary amides is 1. The van der Waals surface area contributed by atoms with E-state index in [1.165, 1.54) is 28.0 Å². The van der Waals surface area contributed by atoms with Crippen LogP contribution in [0.2, 0.25) is 0 Å². The number of carbonyl (C=O) groups is 2. The van der Waals surface area contributed by atoms with Crippen LogP contribution >= 0.6 is 11.3 Å². The van der Waals surface area contributed by atoms with Crippen molar-refractivity contribution in [3.05, 3.63) is 52.0 Å². The Labute approximate surface area is 159 Å². The molecule has 0 bridgehead atoms. The fraction of sp³-hybridized carbons (Fsp3) is 0.316. The molecule has 1 aliphatic carbocycles. The van der Waals surface area contributed by atoms with Crippen molar-refractivity contribution in [3.63, 3.8) is 0 Å². The fourth-order valence-corrected chi connectivity index (χ4v) is 4.97. The normalized spacial score (nSPS) is 16.3. The van der Waals surface area contributed by atoms with Crippen LogP contribution in [0.25, 0.3) is 5.65 Å². The van der Waals surface area contributed by atoms with Gasteiger partial charge in [-0.1, -0.05) is 6.92 Å². The van der Waals surface area contributed by atoms with Crippen molar-refractivity contribution in [1.82, 2.24) is 9.38 Å². The third kappa shape index (κ3) is 3.44. The van der Waals surface area contributed by atoms with Crippen LogP contribution in [0.1, 0.15) is 39.8 Å². The van der Waals surface area contributed by atoms with Crippen molar-refractivity contribution in [1.29, 1.82) is 0 Å². The molecule has 3 N–H and O–H groups in total. The van der Waals surface area contributed by atoms with Crippen molar-refractivity contribution in [2.24, 2.45) is 11.7 Å². The zero-order valence-corrected chi connectivity index (χ0v) is 15.6. The molecule has 0 saturated heterocycles. The molecule has 0 saturated carbocycles. The molecule has 8 heteroatoms. The summed E-state index contributed by atoms with van der Waals surface area (Å²) in [6, 6.07) is 2.87. The molecule has 3 heterocycles. The van der Waals surface area contributed by atoms with Crippen LogP contribution in [-0.2, 0) is 24.1 Å². The summed E-state index contributed by atoms with van der Waals surface area (Å²) in [5.41, 5.74) is 8.08. The highest BCUT2D eigenvalue weighted by molar-refractivity contribution is 7.17. The Balaban J connectivity index is 1.56. The van der Waals surface area contributed by atoms with Gasteiger partial charge in [0.2, 0.25) is 5.91 Å². The standard InChI is InChI=1S/C19H19FN4O2S/c1-10-2-4-13-14(6-10)27-19(17(13)18(21)26)23-16(25)7-12-9-24-8-11(20)3-5-15(24)22-12/h3,5,8-10H,2,4,6-7H2,1H3,(H2,21,26)(H,23,25). The number of amides is 2. The van der Waals surface area contributed by atoms with E-state index in [9.17, 15) is 14.0 Å². The molecule has 0 spiro atoms. The Hall–Kier alpha value is -2.74. The first-order valence-electron chi connectivity index (χ1n) is 8.78. The van der Waals surface area contributed by atoms with Crippen LogP contribution in [0.3, 0.4) is 0 Å². The van der Waals surface area contributed by atoms with Crippen LogP contribution < -0.4 is 11.1 Å². The number of fused-ring (bicyclic) bond motifs is 2. The number of nitrogens with two attached hydrogens (primary N) is 1. The maximum Gasteiger partial charge on any atom is 0.251 e. The Morgan fingerprint density at radius 1 is 1.41 bits per heavy atom. The second kappa shape index (κ2) is 6.77. The summed E-state index contributed by atoms with van der Waals surface area (Å²) in [7, 11) is 0. The zero-order chi connectivity index (χ0) is 19.1. The molecule has 0 aliphatic heterocycles. The van der Waals surface area contributed by atoms with Gasteiger partial charge in [0, 0.05) is 17.3 Å². The minimum Gasteiger partial charge on any atom is -0.365 e. The van der Waals surface area contributed by atoms with Crippen LogP contribution in [0.4, 0.5) is 9.39 Å². The lowest BCUT2D eigenvalue weighted by atomic mass is 9.88. The highest BCUT2D eigenvalue weighted by Crippen LogP contribution is 2.39. The Bertz CT molecular complexity index is 1060. The number of carbonyl (C=O) groups excluding carboxylic acids is 2. The van der Waals surface area contributed by atoms with E-state index in [0.717, 1.165) is 29.7 Å². The van der Waals surface area contributed by atoms with E-state index in [4.69, 9.17) is 5.73 Å². The van der Waals surface area contributed by atoms with E-state index in [1.807, 2.05) is 0 Å². The number of anilines is 1. The van der Waals surface area contributed by atoms with Crippen molar-refractivity contribution in [2.45, 2.75) is 32.6 Å². The minimum atomic E-state index is -0.513. The third-order valence-electron chi connectivity index (χ3n) is 4.82. The summed E-state index contributed by atoms with van der Waals surface area (Å²) < 4.78 is 14.8. The highest BCUT2D eigenvalue weighted by atomic mass is 32.1. The molecular formula is C19H19FN4O2S. The van der Waals surface area contributed by atoms with Gasteiger partial charge in [-0.2, -0.15) is 0 Å². The van der Waals surface area contributed by atoms with Gasteiger partial charge in [0.05, 0.1) is 17.7 Å². The number of thiophene rings is 1. The van der Waals surface area contributed by atoms with E-state index in [1.54, 1.807) is 12.3 Å². The molecule has 1 unspecified atom stereocenters. The second-order valence-corrected chi connectivity index (χ2v) is 8.10. The summed E-state index contributed by atoms with van der Waals surface area (Å²) in [4.78, 5) is 29.9. The summed E-state index contributed by atoms with van der Waals surface area (Å²) in [5, 5.41) is 3.34. The number of aromatic nitrogens is 2. The molecule has 2 amide bonds. The maximum atomic E-state index is 13.3. The number of imidazole rings is 1. The SMILES string of the molecule is CC1CCc2c(sc(NC(=O)Cc3cn4cc(F)ccc4n3)c2C(N)=O)C1. The molecule has 3 aromatic rings. The van der Waals surface area contributed by atoms with Crippen LogP contribution in [0, 0.1) is 11.7 Å². The van der Waals surface area contributed by atoms with E-state index in [-0.39, 0.29) is 18.1 Å². The largest absolute Gasteiger partial charge is 0.365 e. The average molecular weight is 386 g/mol. The number of nitrogens with zero attached hydrogens (tertiary/aromatic N) is 2. The average Bonchev–Trinajstić information content (AvgIpc) is 3.13. The lowest BCUT2D eigenvalue weighted by Crippen LogP contribution is -2.20. The molecule has 6 nitrogen and oxygen atoms in total. The van der Waals surface area contributed by atoms with Gasteiger partial charge >= 0.3 is 0 Å². The van der Waals surface area contributed by atoms with Crippen molar-refractivity contribution >= 4 is 33.8 Å². The number of pyridine rings is 1. The summed E-state index contributed by atoms with van der Waals surface area (Å²) in [5.74, 6) is -0.618. The molecule has 0 fully saturated rings. The number of hydrogen-bond acceptors (Lipinski definition) is 4. The molecule has 140 valence electrons. The maximum absolute atomic E-state index is 13.3. The summed E-state index contributed by atoms with van der Waals surface area (Å²) >= 11 is 1.43. The van der Waals surface area contributed by atoms with Gasteiger partial charge in [0.25, 0.3) is 5.91 Å². The minimum absolute atomic E-state index is 0.0282. The molecule has 27 heavy (non-hydrogen) atoms. The highest BCUT2D eigenvalue weighted by Gasteiger charge is 2.27. The van der Waals surface area contributed by atoms with Gasteiger partial charge in [0.15, 0.2) is 0 Å². The number of hydrogen-bond donors (Lipinski definition) is 2. The van der Waals surface area contributed by atoms with Gasteiger partial charge in [-0.3, -0.25) is 9.59 Å². The molecule has 1 atom stereocenters. The summed E-state index contributed by atoms with van der Waals surface area (Å²) in [6.45, 7) is 2.18. The van der Waals surface area contributed by atoms with E-state index >= 15 is 0 Å². The van der Waals surface area contributed by atoms with Crippen LogP contribution in [-0.4, -0.2) is 21.2 Å². The zero-order valence-electron chi connectivity index (χ0n) is 14.8. The fourth-order valence-electron chi connectivity index (χ4n) is 3.54. The van der Waals surface area contributed by atoms with Crippen molar-refractivity contribution in [2.75, 3.05) is 5.32 Å². The van der Waals surface area contributed by atoms with Gasteiger partial charge in [-0.25, -0.2) is 9.37 Å². The van der Waals surface area contributed by atoms with Gasteiger partial charge < -0.3 is 15.5 Å². The number of rotatable bonds is 4. The number of nitrogens with one attached hydrogen (secondary N) is 1. The first kappa shape index (κ1) is 17.7. The lowest BCUT2D eigenvalue weighted by molar-refractivity contribution is -0.115. The summed E-state index contributed by atoms with van der Waals surface area (Å²) in [6.07, 6.45) is 5.67. The molecule has 3 aromatic heterocycles. The Kier molecular flexibility index (Phi) is 4.43. The van der Waals surface area contributed by atoms with Crippen LogP contribution in [0.5, 0.6) is 0 Å². The van der Waals surface area contributed by atoms with Crippen molar-refractivity contribution in [3.8, 4) is 0 Å². The first-order chi connectivity index (χ1) is 12.9. The van der Waals surface area contributed by atoms with E-state index < -0.39 is 5.91 Å². The monoisotopic (exact) mass is 386 g/mol. The van der Waals surface area contributed by atoms with Crippen molar-refractivity contribution < 1.29 is 14.0 Å². The first-order valence-corrected chi connectivity index (χ1v) is 9.59. The smallest absolute Gasteiger partial charge is 0.251 e. The van der Waals surface area contributed by atoms with Gasteiger partial charge in [0.1, 0.15) is 16.5 Å². The predicted octanol–water partition coefficient (Wildman–Crippen LogP) is 2.94. The van der Waals surface area contributed by atoms with Gasteiger partial charge in [-0.15, -0.1) is 11.3 Å².